The molecule has 0 aliphatic rings. The number of primary amides is 1. The summed E-state index contributed by atoms with van der Waals surface area (Å²) in [6, 6.07) is -1.63. The molecule has 0 saturated heterocycles. The summed E-state index contributed by atoms with van der Waals surface area (Å²) < 4.78 is 83.3. The van der Waals surface area contributed by atoms with Gasteiger partial charge in [0.05, 0.1) is 6.54 Å². The molecule has 0 aromatic heterocycles. The lowest BCUT2D eigenvalue weighted by atomic mass is 10.1. The van der Waals surface area contributed by atoms with Crippen molar-refractivity contribution in [2.24, 2.45) is 5.73 Å². The Labute approximate surface area is 78.4 Å². The minimum atomic E-state index is -6.41. The maximum atomic E-state index is 12.3. The van der Waals surface area contributed by atoms with Crippen LogP contribution in [0.5, 0.6) is 0 Å². The quantitative estimate of drug-likeness (QED) is 0.723. The Bertz CT molecular complexity index is 248. The van der Waals surface area contributed by atoms with Gasteiger partial charge in [0.2, 0.25) is 0 Å². The highest BCUT2D eigenvalue weighted by molar-refractivity contribution is 5.71. The average molecular weight is 242 g/mol. The number of carbonyl (C=O) groups is 1. The third-order valence-corrected chi connectivity index (χ3v) is 1.30. The zero-order chi connectivity index (χ0) is 12.5. The number of nitrogens with one attached hydrogen (secondary N) is 1. The van der Waals surface area contributed by atoms with E-state index in [0.717, 1.165) is 5.32 Å². The van der Waals surface area contributed by atoms with Crippen molar-refractivity contribution in [3.05, 3.63) is 0 Å². The van der Waals surface area contributed by atoms with Gasteiger partial charge in [0.25, 0.3) is 0 Å². The lowest BCUT2D eigenvalue weighted by molar-refractivity contribution is -0.352. The monoisotopic (exact) mass is 242 g/mol. The van der Waals surface area contributed by atoms with Gasteiger partial charge < -0.3 is 11.1 Å². The fraction of sp³-hybridized carbons (Fsp3) is 0.800. The molecule has 0 aromatic carbocycles. The summed E-state index contributed by atoms with van der Waals surface area (Å²) in [6.07, 6.45) is -6.41. The normalized spacial score (nSPS) is 13.8. The number of nitrogens with two attached hydrogens (primary N) is 1. The summed E-state index contributed by atoms with van der Waals surface area (Å²) >= 11 is 0. The van der Waals surface area contributed by atoms with Crippen molar-refractivity contribution in [2.45, 2.75) is 18.0 Å². The Morgan fingerprint density at radius 1 is 1.07 bits per heavy atom. The van der Waals surface area contributed by atoms with E-state index in [-0.39, 0.29) is 0 Å². The molecule has 0 bridgehead atoms. The van der Waals surface area contributed by atoms with Crippen molar-refractivity contribution in [1.29, 1.82) is 0 Å². The Hall–Kier alpha value is -1.22. The summed E-state index contributed by atoms with van der Waals surface area (Å²) in [6.45, 7) is -2.20. The molecule has 0 atom stereocenters. The van der Waals surface area contributed by atoms with Gasteiger partial charge in [-0.05, 0) is 0 Å². The zero-order valence-corrected chi connectivity index (χ0v) is 6.84. The SMILES string of the molecule is NC(=O)NCC(F)(F)C(F)(F)C(F)(F)F. The van der Waals surface area contributed by atoms with Crippen LogP contribution in [0.25, 0.3) is 0 Å². The smallest absolute Gasteiger partial charge is 0.352 e. The Morgan fingerprint density at radius 3 is 1.73 bits per heavy atom. The lowest BCUT2D eigenvalue weighted by Gasteiger charge is -2.27. The van der Waals surface area contributed by atoms with Gasteiger partial charge in [-0.25, -0.2) is 4.79 Å². The molecule has 0 aliphatic heterocycles. The molecule has 0 spiro atoms. The van der Waals surface area contributed by atoms with Crippen molar-refractivity contribution in [1.82, 2.24) is 5.32 Å². The fourth-order valence-electron chi connectivity index (χ4n) is 0.517. The molecular formula is C5H5F7N2O. The van der Waals surface area contributed by atoms with E-state index >= 15 is 0 Å². The van der Waals surface area contributed by atoms with E-state index in [1.54, 1.807) is 0 Å². The second-order valence-electron chi connectivity index (χ2n) is 2.49. The van der Waals surface area contributed by atoms with E-state index in [0.29, 0.717) is 0 Å². The number of rotatable bonds is 3. The Morgan fingerprint density at radius 2 is 1.47 bits per heavy atom. The molecule has 2 amide bonds. The summed E-state index contributed by atoms with van der Waals surface area (Å²) in [4.78, 5) is 9.87. The third-order valence-electron chi connectivity index (χ3n) is 1.30. The largest absolute Gasteiger partial charge is 0.459 e. The van der Waals surface area contributed by atoms with Crippen LogP contribution in [0.3, 0.4) is 0 Å². The predicted octanol–water partition coefficient (Wildman–Crippen LogP) is 1.49. The van der Waals surface area contributed by atoms with Crippen LogP contribution < -0.4 is 11.1 Å². The summed E-state index contributed by atoms with van der Waals surface area (Å²) in [5.74, 6) is -11.7. The van der Waals surface area contributed by atoms with Gasteiger partial charge in [-0.2, -0.15) is 30.7 Å². The van der Waals surface area contributed by atoms with Gasteiger partial charge in [-0.3, -0.25) is 0 Å². The number of alkyl halides is 7. The van der Waals surface area contributed by atoms with Crippen LogP contribution in [0, 0.1) is 0 Å². The van der Waals surface area contributed by atoms with Crippen LogP contribution >= 0.6 is 0 Å². The van der Waals surface area contributed by atoms with E-state index in [1.165, 1.54) is 0 Å². The van der Waals surface area contributed by atoms with Gasteiger partial charge in [0.1, 0.15) is 0 Å². The molecule has 0 aliphatic carbocycles. The molecular weight excluding hydrogens is 237 g/mol. The van der Waals surface area contributed by atoms with E-state index < -0.39 is 30.6 Å². The second-order valence-corrected chi connectivity index (χ2v) is 2.49. The van der Waals surface area contributed by atoms with Gasteiger partial charge in [-0.1, -0.05) is 0 Å². The predicted molar refractivity (Wildman–Crippen MR) is 33.5 cm³/mol. The second kappa shape index (κ2) is 3.74. The molecule has 0 radical (unpaired) electrons. The highest BCUT2D eigenvalue weighted by atomic mass is 19.4. The van der Waals surface area contributed by atoms with Crippen LogP contribution in [0.4, 0.5) is 35.5 Å². The first-order chi connectivity index (χ1) is 6.42. The van der Waals surface area contributed by atoms with Crippen molar-refractivity contribution in [2.75, 3.05) is 6.54 Å². The standard InChI is InChI=1S/C5H5F7N2O/c6-3(7,1-14-2(13)15)4(8,9)5(10,11)12/h1H2,(H3,13,14,15). The molecule has 3 nitrogen and oxygen atoms in total. The number of hydrogen-bond acceptors (Lipinski definition) is 1. The van der Waals surface area contributed by atoms with Crippen molar-refractivity contribution >= 4 is 6.03 Å². The van der Waals surface area contributed by atoms with Crippen molar-refractivity contribution < 1.29 is 35.5 Å². The topological polar surface area (TPSA) is 55.1 Å². The van der Waals surface area contributed by atoms with Crippen molar-refractivity contribution in [3.8, 4) is 0 Å². The van der Waals surface area contributed by atoms with Crippen LogP contribution in [-0.4, -0.2) is 30.6 Å². The van der Waals surface area contributed by atoms with E-state index in [2.05, 4.69) is 5.73 Å². The number of amides is 2. The summed E-state index contributed by atoms with van der Waals surface area (Å²) in [5, 5.41) is 0.973. The number of urea groups is 1. The molecule has 0 aromatic rings. The van der Waals surface area contributed by atoms with Gasteiger partial charge >= 0.3 is 24.1 Å². The molecule has 0 unspecified atom stereocenters. The Balaban J connectivity index is 4.77. The third kappa shape index (κ3) is 2.86. The highest BCUT2D eigenvalue weighted by Gasteiger charge is 2.72. The molecule has 90 valence electrons. The highest BCUT2D eigenvalue weighted by Crippen LogP contribution is 2.45. The van der Waals surface area contributed by atoms with Crippen LogP contribution in [-0.2, 0) is 0 Å². The first kappa shape index (κ1) is 13.8. The number of carbonyl (C=O) groups excluding carboxylic acids is 1. The van der Waals surface area contributed by atoms with Crippen LogP contribution in [0.1, 0.15) is 0 Å². The van der Waals surface area contributed by atoms with Gasteiger partial charge in [0.15, 0.2) is 0 Å². The minimum absolute atomic E-state index is 0.973. The molecule has 0 heterocycles. The average Bonchev–Trinajstić information content (AvgIpc) is 1.98. The number of halogens is 7. The van der Waals surface area contributed by atoms with Crippen LogP contribution in [0.2, 0.25) is 0 Å². The maximum Gasteiger partial charge on any atom is 0.459 e. The first-order valence-electron chi connectivity index (χ1n) is 3.27. The lowest BCUT2D eigenvalue weighted by Crippen LogP contribution is -2.57. The molecule has 0 rings (SSSR count). The maximum absolute atomic E-state index is 12.3. The molecule has 0 saturated carbocycles. The van der Waals surface area contributed by atoms with Crippen LogP contribution in [0.15, 0.2) is 0 Å². The van der Waals surface area contributed by atoms with Crippen molar-refractivity contribution in [3.63, 3.8) is 0 Å². The van der Waals surface area contributed by atoms with Gasteiger partial charge in [-0.15, -0.1) is 0 Å². The number of hydrogen-bond donors (Lipinski definition) is 2. The molecule has 3 N–H and O–H groups in total. The fourth-order valence-corrected chi connectivity index (χ4v) is 0.517. The van der Waals surface area contributed by atoms with Gasteiger partial charge in [0, 0.05) is 0 Å². The summed E-state index contributed by atoms with van der Waals surface area (Å²) in [7, 11) is 0. The zero-order valence-electron chi connectivity index (χ0n) is 6.84. The Kier molecular flexibility index (Phi) is 3.43. The van der Waals surface area contributed by atoms with E-state index in [1.807, 2.05) is 0 Å². The molecule has 10 heteroatoms. The van der Waals surface area contributed by atoms with E-state index in [9.17, 15) is 35.5 Å². The summed E-state index contributed by atoms with van der Waals surface area (Å²) in [5.41, 5.74) is 4.24. The molecule has 15 heavy (non-hydrogen) atoms. The minimum Gasteiger partial charge on any atom is -0.352 e. The van der Waals surface area contributed by atoms with E-state index in [4.69, 9.17) is 0 Å². The molecule has 0 fully saturated rings. The first-order valence-corrected chi connectivity index (χ1v) is 3.27.